The van der Waals surface area contributed by atoms with Gasteiger partial charge in [0.05, 0.1) is 33.0 Å². The van der Waals surface area contributed by atoms with Crippen LogP contribution in [0.4, 0.5) is 0 Å². The summed E-state index contributed by atoms with van der Waals surface area (Å²) in [7, 11) is 1.65. The lowest BCUT2D eigenvalue weighted by Crippen LogP contribution is -2.67. The third kappa shape index (κ3) is 2.70. The zero-order valence-electron chi connectivity index (χ0n) is 14.6. The summed E-state index contributed by atoms with van der Waals surface area (Å²) in [6.45, 7) is 5.53. The van der Waals surface area contributed by atoms with Crippen LogP contribution in [0.3, 0.4) is 0 Å². The van der Waals surface area contributed by atoms with Crippen LogP contribution >= 0.6 is 0 Å². The summed E-state index contributed by atoms with van der Waals surface area (Å²) in [6.07, 6.45) is 3.88. The van der Waals surface area contributed by atoms with Crippen molar-refractivity contribution in [3.8, 4) is 5.75 Å². The average molecular weight is 346 g/mol. The first kappa shape index (κ1) is 17.0. The highest BCUT2D eigenvalue weighted by atomic mass is 16.7. The van der Waals surface area contributed by atoms with Crippen LogP contribution in [0.5, 0.6) is 5.75 Å². The van der Waals surface area contributed by atoms with Gasteiger partial charge < -0.3 is 24.1 Å². The maximum Gasteiger partial charge on any atom is 0.174 e. The third-order valence-corrected chi connectivity index (χ3v) is 6.09. The quantitative estimate of drug-likeness (QED) is 0.831. The number of methoxy groups -OCH3 is 1. The topological polar surface area (TPSA) is 57.2 Å². The highest BCUT2D eigenvalue weighted by Gasteiger charge is 2.65. The molecular formula is C20H26O5. The van der Waals surface area contributed by atoms with Gasteiger partial charge in [0.25, 0.3) is 0 Å². The molecule has 5 rings (SSSR count). The fraction of sp³-hybridized carbons (Fsp3) is 0.600. The number of aliphatic hydroxyl groups is 1. The van der Waals surface area contributed by atoms with Gasteiger partial charge in [-0.25, -0.2) is 0 Å². The van der Waals surface area contributed by atoms with E-state index in [0.717, 1.165) is 24.2 Å². The van der Waals surface area contributed by atoms with Crippen molar-refractivity contribution in [1.82, 2.24) is 0 Å². The second-order valence-electron chi connectivity index (χ2n) is 7.26. The van der Waals surface area contributed by atoms with E-state index in [1.807, 2.05) is 24.3 Å². The summed E-state index contributed by atoms with van der Waals surface area (Å²) in [5, 5.41) is 11.3. The number of benzene rings is 1. The van der Waals surface area contributed by atoms with Crippen molar-refractivity contribution < 1.29 is 24.1 Å². The van der Waals surface area contributed by atoms with Crippen molar-refractivity contribution in [3.05, 3.63) is 42.5 Å². The Labute approximate surface area is 148 Å². The van der Waals surface area contributed by atoms with Crippen LogP contribution in [-0.2, 0) is 20.8 Å². The van der Waals surface area contributed by atoms with E-state index in [2.05, 4.69) is 6.58 Å². The van der Waals surface area contributed by atoms with Crippen LogP contribution in [0.15, 0.2) is 36.9 Å². The Balaban J connectivity index is 1.55. The molecule has 1 aromatic carbocycles. The van der Waals surface area contributed by atoms with E-state index < -0.39 is 11.4 Å². The molecule has 0 amide bonds. The second-order valence-corrected chi connectivity index (χ2v) is 7.26. The molecule has 4 atom stereocenters. The van der Waals surface area contributed by atoms with Gasteiger partial charge in [-0.1, -0.05) is 18.2 Å². The Morgan fingerprint density at radius 1 is 1.24 bits per heavy atom. The van der Waals surface area contributed by atoms with Gasteiger partial charge in [-0.15, -0.1) is 6.58 Å². The predicted octanol–water partition coefficient (Wildman–Crippen LogP) is 2.67. The summed E-state index contributed by atoms with van der Waals surface area (Å²) >= 11 is 0. The number of ether oxygens (including phenoxy) is 4. The van der Waals surface area contributed by atoms with Gasteiger partial charge in [-0.2, -0.15) is 0 Å². The second kappa shape index (κ2) is 6.40. The summed E-state index contributed by atoms with van der Waals surface area (Å²) in [5.41, 5.74) is 0.00613. The van der Waals surface area contributed by atoms with Crippen LogP contribution in [-0.4, -0.2) is 42.9 Å². The molecule has 1 aromatic rings. The number of fused-ring (bicyclic) bond motifs is 2. The van der Waals surface area contributed by atoms with Gasteiger partial charge in [0, 0.05) is 12.3 Å². The molecule has 2 bridgehead atoms. The zero-order chi connectivity index (χ0) is 17.5. The van der Waals surface area contributed by atoms with Gasteiger partial charge in [-0.05, 0) is 36.5 Å². The number of rotatable bonds is 5. The van der Waals surface area contributed by atoms with Crippen molar-refractivity contribution in [1.29, 1.82) is 0 Å². The molecule has 3 saturated carbocycles. The Hall–Kier alpha value is -1.40. The van der Waals surface area contributed by atoms with E-state index in [0.29, 0.717) is 26.2 Å². The summed E-state index contributed by atoms with van der Waals surface area (Å²) in [5.74, 6) is 0.285. The molecule has 136 valence electrons. The van der Waals surface area contributed by atoms with E-state index in [1.54, 1.807) is 13.2 Å². The predicted molar refractivity (Wildman–Crippen MR) is 92.2 cm³/mol. The molecule has 0 aromatic heterocycles. The molecule has 4 aliphatic rings. The highest BCUT2D eigenvalue weighted by Crippen LogP contribution is 2.56. The summed E-state index contributed by atoms with van der Waals surface area (Å²) in [6, 6.07) is 7.78. The molecule has 3 aliphatic carbocycles. The third-order valence-electron chi connectivity index (χ3n) is 6.09. The van der Waals surface area contributed by atoms with Crippen molar-refractivity contribution in [2.24, 2.45) is 11.8 Å². The standard InChI is InChI=1S/C20H26O5/c1-3-19(21)15-6-9-17(20(12-15)24-10-11-25-20)18(19)23-13-14-4-7-16(22-2)8-5-14/h3-5,7-8,15,17-18,21H,1,6,9-13H2,2H3/t15-,17-,18+,19-/m0/s1. The van der Waals surface area contributed by atoms with Gasteiger partial charge in [0.2, 0.25) is 0 Å². The van der Waals surface area contributed by atoms with Crippen molar-refractivity contribution in [2.45, 2.75) is 43.4 Å². The lowest BCUT2D eigenvalue weighted by molar-refractivity contribution is -0.314. The Morgan fingerprint density at radius 3 is 2.60 bits per heavy atom. The van der Waals surface area contributed by atoms with Crippen LogP contribution in [0.2, 0.25) is 0 Å². The smallest absolute Gasteiger partial charge is 0.174 e. The van der Waals surface area contributed by atoms with Crippen LogP contribution in [0, 0.1) is 11.8 Å². The minimum atomic E-state index is -1.03. The monoisotopic (exact) mass is 346 g/mol. The van der Waals surface area contributed by atoms with E-state index in [-0.39, 0.29) is 17.9 Å². The molecule has 4 fully saturated rings. The largest absolute Gasteiger partial charge is 0.497 e. The number of hydrogen-bond acceptors (Lipinski definition) is 5. The molecule has 5 heteroatoms. The lowest BCUT2D eigenvalue weighted by atomic mass is 9.57. The number of hydrogen-bond donors (Lipinski definition) is 1. The molecule has 1 aliphatic heterocycles. The van der Waals surface area contributed by atoms with Crippen LogP contribution < -0.4 is 4.74 Å². The van der Waals surface area contributed by atoms with E-state index in [9.17, 15) is 5.11 Å². The van der Waals surface area contributed by atoms with Gasteiger partial charge in [0.1, 0.15) is 11.4 Å². The molecule has 1 heterocycles. The normalized spacial score (nSPS) is 35.8. The Bertz CT molecular complexity index is 621. The summed E-state index contributed by atoms with van der Waals surface area (Å²) < 4.78 is 23.4. The average Bonchev–Trinajstić information content (AvgIpc) is 3.11. The fourth-order valence-electron chi connectivity index (χ4n) is 4.77. The molecule has 0 unspecified atom stereocenters. The molecule has 5 nitrogen and oxygen atoms in total. The zero-order valence-corrected chi connectivity index (χ0v) is 14.6. The minimum Gasteiger partial charge on any atom is -0.497 e. The molecule has 1 saturated heterocycles. The van der Waals surface area contributed by atoms with Crippen molar-refractivity contribution in [2.75, 3.05) is 20.3 Å². The molecule has 1 spiro atoms. The summed E-state index contributed by atoms with van der Waals surface area (Å²) in [4.78, 5) is 0. The van der Waals surface area contributed by atoms with Gasteiger partial charge in [0.15, 0.2) is 5.79 Å². The first-order valence-electron chi connectivity index (χ1n) is 9.00. The van der Waals surface area contributed by atoms with Crippen molar-refractivity contribution in [3.63, 3.8) is 0 Å². The van der Waals surface area contributed by atoms with E-state index >= 15 is 0 Å². The van der Waals surface area contributed by atoms with Crippen LogP contribution in [0.25, 0.3) is 0 Å². The first-order valence-corrected chi connectivity index (χ1v) is 9.00. The fourth-order valence-corrected chi connectivity index (χ4v) is 4.77. The first-order chi connectivity index (χ1) is 12.1. The molecule has 25 heavy (non-hydrogen) atoms. The van der Waals surface area contributed by atoms with Crippen LogP contribution in [0.1, 0.15) is 24.8 Å². The minimum absolute atomic E-state index is 0.0150. The van der Waals surface area contributed by atoms with Gasteiger partial charge in [-0.3, -0.25) is 0 Å². The van der Waals surface area contributed by atoms with E-state index in [4.69, 9.17) is 18.9 Å². The SMILES string of the molecule is C=C[C@]1(O)[C@H]2CC[C@@H]([C@H]1OCc1ccc(OC)cc1)C1(C2)OCCO1. The highest BCUT2D eigenvalue weighted by molar-refractivity contribution is 5.27. The molecule has 0 radical (unpaired) electrons. The Morgan fingerprint density at radius 2 is 1.96 bits per heavy atom. The lowest BCUT2D eigenvalue weighted by Gasteiger charge is -2.58. The molecule has 1 N–H and O–H groups in total. The van der Waals surface area contributed by atoms with Gasteiger partial charge >= 0.3 is 0 Å². The maximum absolute atomic E-state index is 11.3. The van der Waals surface area contributed by atoms with Crippen molar-refractivity contribution >= 4 is 0 Å². The van der Waals surface area contributed by atoms with E-state index in [1.165, 1.54) is 0 Å². The molecular weight excluding hydrogens is 320 g/mol. The maximum atomic E-state index is 11.3. The Kier molecular flexibility index (Phi) is 4.36.